The number of hydrogen-bond donors (Lipinski definition) is 2. The zero-order valence-corrected chi connectivity index (χ0v) is 11.0. The summed E-state index contributed by atoms with van der Waals surface area (Å²) in [6.07, 6.45) is 3.05. The van der Waals surface area contributed by atoms with E-state index in [0.29, 0.717) is 12.3 Å². The molecule has 7 nitrogen and oxygen atoms in total. The van der Waals surface area contributed by atoms with Crippen LogP contribution < -0.4 is 15.8 Å². The van der Waals surface area contributed by atoms with Crippen LogP contribution in [0.2, 0.25) is 0 Å². The number of nitrogens with one attached hydrogen (secondary N) is 1. The normalized spacial score (nSPS) is 11.5. The Hall–Kier alpha value is -2.31. The van der Waals surface area contributed by atoms with Crippen molar-refractivity contribution in [2.45, 2.75) is 13.0 Å². The smallest absolute Gasteiger partial charge is 0.314 e. The highest BCUT2D eigenvalue weighted by Gasteiger charge is 2.11. The quantitative estimate of drug-likeness (QED) is 0.755. The molecule has 0 saturated carbocycles. The number of ether oxygens (including phenoxy) is 1. The fourth-order valence-electron chi connectivity index (χ4n) is 1.30. The van der Waals surface area contributed by atoms with Gasteiger partial charge in [-0.3, -0.25) is 9.78 Å². The number of amides is 3. The molecule has 1 atom stereocenters. The fraction of sp³-hybridized carbons (Fsp3) is 0.417. The molecule has 104 valence electrons. The number of nitrogens with zero attached hydrogens (tertiary/aromatic N) is 2. The van der Waals surface area contributed by atoms with Crippen LogP contribution in [0.4, 0.5) is 4.79 Å². The summed E-state index contributed by atoms with van der Waals surface area (Å²) < 4.78 is 5.53. The molecule has 0 saturated heterocycles. The Morgan fingerprint density at radius 1 is 1.58 bits per heavy atom. The second-order valence-corrected chi connectivity index (χ2v) is 4.12. The van der Waals surface area contributed by atoms with E-state index in [2.05, 4.69) is 10.3 Å². The van der Waals surface area contributed by atoms with E-state index in [-0.39, 0.29) is 18.6 Å². The van der Waals surface area contributed by atoms with E-state index in [1.165, 1.54) is 7.05 Å². The Bertz CT molecular complexity index is 424. The number of pyridine rings is 1. The number of urea groups is 1. The van der Waals surface area contributed by atoms with Crippen LogP contribution in [0.15, 0.2) is 24.5 Å². The van der Waals surface area contributed by atoms with Gasteiger partial charge in [-0.15, -0.1) is 0 Å². The molecule has 3 amide bonds. The maximum Gasteiger partial charge on any atom is 0.314 e. The first-order chi connectivity index (χ1) is 8.99. The van der Waals surface area contributed by atoms with Crippen LogP contribution in [0.5, 0.6) is 5.75 Å². The first kappa shape index (κ1) is 14.7. The second kappa shape index (κ2) is 7.20. The van der Waals surface area contributed by atoms with E-state index in [1.54, 1.807) is 24.5 Å². The maximum absolute atomic E-state index is 11.5. The molecular formula is C12H18N4O3. The highest BCUT2D eigenvalue weighted by Crippen LogP contribution is 2.08. The van der Waals surface area contributed by atoms with Gasteiger partial charge < -0.3 is 20.7 Å². The lowest BCUT2D eigenvalue weighted by Gasteiger charge is -2.17. The molecule has 0 aliphatic carbocycles. The minimum Gasteiger partial charge on any atom is -0.487 e. The van der Waals surface area contributed by atoms with Crippen molar-refractivity contribution < 1.29 is 14.3 Å². The number of likely N-dealkylation sites (N-methyl/N-ethyl adjacent to an activating group) is 1. The predicted octanol–water partition coefficient (Wildman–Crippen LogP) is -0.0244. The monoisotopic (exact) mass is 266 g/mol. The summed E-state index contributed by atoms with van der Waals surface area (Å²) in [7, 11) is 1.46. The molecule has 0 radical (unpaired) electrons. The predicted molar refractivity (Wildman–Crippen MR) is 69.6 cm³/mol. The van der Waals surface area contributed by atoms with Gasteiger partial charge in [0.05, 0.1) is 12.7 Å². The molecule has 0 spiro atoms. The third kappa shape index (κ3) is 5.71. The number of primary amides is 1. The molecule has 0 unspecified atom stereocenters. The molecule has 1 aromatic rings. The van der Waals surface area contributed by atoms with Gasteiger partial charge in [-0.1, -0.05) is 0 Å². The van der Waals surface area contributed by atoms with Gasteiger partial charge in [-0.2, -0.15) is 0 Å². The second-order valence-electron chi connectivity index (χ2n) is 4.12. The average Bonchev–Trinajstić information content (AvgIpc) is 2.37. The van der Waals surface area contributed by atoms with Crippen molar-refractivity contribution in [2.75, 3.05) is 20.1 Å². The van der Waals surface area contributed by atoms with E-state index in [4.69, 9.17) is 10.5 Å². The van der Waals surface area contributed by atoms with Gasteiger partial charge in [0.25, 0.3) is 0 Å². The van der Waals surface area contributed by atoms with E-state index in [9.17, 15) is 9.59 Å². The SMILES string of the molecule is C[C@H](CNC(=O)CN(C)C(N)=O)Oc1cccnc1. The first-order valence-corrected chi connectivity index (χ1v) is 5.83. The average molecular weight is 266 g/mol. The molecule has 0 fully saturated rings. The Morgan fingerprint density at radius 3 is 2.89 bits per heavy atom. The van der Waals surface area contributed by atoms with Crippen LogP contribution in [0.3, 0.4) is 0 Å². The molecule has 3 N–H and O–H groups in total. The highest BCUT2D eigenvalue weighted by molar-refractivity contribution is 5.83. The van der Waals surface area contributed by atoms with E-state index in [0.717, 1.165) is 4.90 Å². The lowest BCUT2D eigenvalue weighted by atomic mass is 10.3. The summed E-state index contributed by atoms with van der Waals surface area (Å²) in [5.41, 5.74) is 5.02. The van der Waals surface area contributed by atoms with E-state index >= 15 is 0 Å². The molecule has 1 rings (SSSR count). The number of nitrogens with two attached hydrogens (primary N) is 1. The van der Waals surface area contributed by atoms with Crippen LogP contribution in [-0.2, 0) is 4.79 Å². The van der Waals surface area contributed by atoms with Crippen LogP contribution in [0.1, 0.15) is 6.92 Å². The maximum atomic E-state index is 11.5. The van der Waals surface area contributed by atoms with Crippen molar-refractivity contribution in [1.82, 2.24) is 15.2 Å². The molecule has 0 aromatic carbocycles. The molecule has 0 bridgehead atoms. The summed E-state index contributed by atoms with van der Waals surface area (Å²) in [6, 6.07) is 2.91. The molecule has 0 aliphatic heterocycles. The van der Waals surface area contributed by atoms with Crippen molar-refractivity contribution in [3.63, 3.8) is 0 Å². The lowest BCUT2D eigenvalue weighted by molar-refractivity contribution is -0.121. The van der Waals surface area contributed by atoms with Crippen molar-refractivity contribution >= 4 is 11.9 Å². The fourth-order valence-corrected chi connectivity index (χ4v) is 1.30. The minimum atomic E-state index is -0.644. The third-order valence-electron chi connectivity index (χ3n) is 2.32. The number of aromatic nitrogens is 1. The van der Waals surface area contributed by atoms with Crippen LogP contribution in [-0.4, -0.2) is 48.1 Å². The Kier molecular flexibility index (Phi) is 5.59. The summed E-state index contributed by atoms with van der Waals surface area (Å²) in [5.74, 6) is 0.349. The van der Waals surface area contributed by atoms with Gasteiger partial charge in [0.1, 0.15) is 18.4 Å². The van der Waals surface area contributed by atoms with Gasteiger partial charge in [-0.05, 0) is 19.1 Å². The minimum absolute atomic E-state index is 0.0745. The summed E-state index contributed by atoms with van der Waals surface area (Å²) in [5, 5.41) is 2.65. The Labute approximate surface area is 111 Å². The van der Waals surface area contributed by atoms with Crippen molar-refractivity contribution in [1.29, 1.82) is 0 Å². The van der Waals surface area contributed by atoms with Crippen molar-refractivity contribution in [3.8, 4) is 5.75 Å². The van der Waals surface area contributed by atoms with Crippen LogP contribution in [0, 0.1) is 0 Å². The molecule has 19 heavy (non-hydrogen) atoms. The van der Waals surface area contributed by atoms with Gasteiger partial charge >= 0.3 is 6.03 Å². The largest absolute Gasteiger partial charge is 0.487 e. The topological polar surface area (TPSA) is 97.6 Å². The number of carbonyl (C=O) groups is 2. The molecule has 0 aliphatic rings. The van der Waals surface area contributed by atoms with Crippen LogP contribution >= 0.6 is 0 Å². The van der Waals surface area contributed by atoms with Crippen LogP contribution in [0.25, 0.3) is 0 Å². The molecule has 7 heteroatoms. The number of rotatable bonds is 6. The zero-order chi connectivity index (χ0) is 14.3. The highest BCUT2D eigenvalue weighted by atomic mass is 16.5. The van der Waals surface area contributed by atoms with Gasteiger partial charge in [0.15, 0.2) is 0 Å². The lowest BCUT2D eigenvalue weighted by Crippen LogP contribution is -2.43. The first-order valence-electron chi connectivity index (χ1n) is 5.83. The summed E-state index contributed by atoms with van der Waals surface area (Å²) in [4.78, 5) is 27.3. The van der Waals surface area contributed by atoms with Crippen molar-refractivity contribution in [2.24, 2.45) is 5.73 Å². The summed E-state index contributed by atoms with van der Waals surface area (Å²) >= 11 is 0. The molecular weight excluding hydrogens is 248 g/mol. The van der Waals surface area contributed by atoms with Gasteiger partial charge in [0.2, 0.25) is 5.91 Å². The molecule has 1 heterocycles. The van der Waals surface area contributed by atoms with Gasteiger partial charge in [-0.25, -0.2) is 4.79 Å². The number of hydrogen-bond acceptors (Lipinski definition) is 4. The van der Waals surface area contributed by atoms with E-state index in [1.807, 2.05) is 6.92 Å². The van der Waals surface area contributed by atoms with Gasteiger partial charge in [0, 0.05) is 13.2 Å². The zero-order valence-electron chi connectivity index (χ0n) is 11.0. The third-order valence-corrected chi connectivity index (χ3v) is 2.32. The standard InChI is InChI=1S/C12H18N4O3/c1-9(19-10-4-3-5-14-7-10)6-15-11(17)8-16(2)12(13)18/h3-5,7,9H,6,8H2,1-2H3,(H2,13,18)(H,15,17)/t9-/m1/s1. The summed E-state index contributed by atoms with van der Waals surface area (Å²) in [6.45, 7) is 2.08. The number of carbonyl (C=O) groups excluding carboxylic acids is 2. The van der Waals surface area contributed by atoms with Crippen molar-refractivity contribution in [3.05, 3.63) is 24.5 Å². The Morgan fingerprint density at radius 2 is 2.32 bits per heavy atom. The Balaban J connectivity index is 2.28. The van der Waals surface area contributed by atoms with E-state index < -0.39 is 6.03 Å². The molecule has 1 aromatic heterocycles.